The quantitative estimate of drug-likeness (QED) is 0.850. The van der Waals surface area contributed by atoms with Crippen LogP contribution >= 0.6 is 0 Å². The third-order valence-corrected chi connectivity index (χ3v) is 4.66. The lowest BCUT2D eigenvalue weighted by atomic mass is 9.78. The van der Waals surface area contributed by atoms with Crippen molar-refractivity contribution in [3.8, 4) is 0 Å². The zero-order valence-electron chi connectivity index (χ0n) is 12.0. The number of aromatic nitrogens is 2. The molecule has 0 aliphatic heterocycles. The third kappa shape index (κ3) is 2.46. The second-order valence-corrected chi connectivity index (χ2v) is 6.07. The molecule has 0 saturated heterocycles. The van der Waals surface area contributed by atoms with E-state index in [0.717, 1.165) is 28.7 Å². The van der Waals surface area contributed by atoms with Gasteiger partial charge in [0.15, 0.2) is 0 Å². The van der Waals surface area contributed by atoms with Crippen LogP contribution in [0.1, 0.15) is 38.9 Å². The smallest absolute Gasteiger partial charge is 0.104 e. The normalized spacial score (nSPS) is 27.6. The van der Waals surface area contributed by atoms with Crippen molar-refractivity contribution in [1.82, 2.24) is 9.97 Å². The van der Waals surface area contributed by atoms with Crippen molar-refractivity contribution in [3.05, 3.63) is 24.0 Å². The van der Waals surface area contributed by atoms with Crippen LogP contribution in [0.4, 0.5) is 5.69 Å². The number of hydrogen-bond acceptors (Lipinski definition) is 2. The Hall–Kier alpha value is -1.51. The average molecular weight is 257 g/mol. The number of imidazole rings is 1. The Morgan fingerprint density at radius 3 is 2.95 bits per heavy atom. The van der Waals surface area contributed by atoms with Gasteiger partial charge in [0, 0.05) is 11.7 Å². The molecule has 19 heavy (non-hydrogen) atoms. The summed E-state index contributed by atoms with van der Waals surface area (Å²) in [6, 6.07) is 7.03. The molecule has 1 aliphatic carbocycles. The van der Waals surface area contributed by atoms with Gasteiger partial charge in [-0.2, -0.15) is 0 Å². The van der Waals surface area contributed by atoms with Crippen LogP contribution in [0, 0.1) is 18.8 Å². The molecule has 0 bridgehead atoms. The zero-order chi connectivity index (χ0) is 13.4. The molecule has 3 unspecified atom stereocenters. The van der Waals surface area contributed by atoms with Crippen LogP contribution in [0.5, 0.6) is 0 Å². The van der Waals surface area contributed by atoms with Gasteiger partial charge in [-0.25, -0.2) is 4.98 Å². The molecule has 102 valence electrons. The number of nitrogens with one attached hydrogen (secondary N) is 2. The van der Waals surface area contributed by atoms with E-state index in [0.29, 0.717) is 6.04 Å². The van der Waals surface area contributed by atoms with Crippen molar-refractivity contribution in [2.24, 2.45) is 11.8 Å². The Bertz CT molecular complexity index is 572. The number of rotatable bonds is 2. The summed E-state index contributed by atoms with van der Waals surface area (Å²) in [5, 5.41) is 3.71. The summed E-state index contributed by atoms with van der Waals surface area (Å²) >= 11 is 0. The molecule has 1 aliphatic rings. The van der Waals surface area contributed by atoms with E-state index in [-0.39, 0.29) is 0 Å². The number of nitrogens with zero attached hydrogens (tertiary/aromatic N) is 1. The van der Waals surface area contributed by atoms with Gasteiger partial charge in [-0.05, 0) is 43.4 Å². The first-order chi connectivity index (χ1) is 9.13. The van der Waals surface area contributed by atoms with Crippen LogP contribution in [0.3, 0.4) is 0 Å². The maximum Gasteiger partial charge on any atom is 0.104 e. The lowest BCUT2D eigenvalue weighted by molar-refractivity contribution is 0.253. The molecule has 3 rings (SSSR count). The van der Waals surface area contributed by atoms with Gasteiger partial charge < -0.3 is 10.3 Å². The molecule has 1 heterocycles. The van der Waals surface area contributed by atoms with Crippen LogP contribution in [0.2, 0.25) is 0 Å². The molecule has 1 aromatic heterocycles. The first kappa shape index (κ1) is 12.5. The van der Waals surface area contributed by atoms with Crippen molar-refractivity contribution < 1.29 is 0 Å². The molecular formula is C16H23N3. The summed E-state index contributed by atoms with van der Waals surface area (Å²) in [4.78, 5) is 7.75. The SMILES string of the molecule is Cc1nc2ccc(NC3CCCC(C)C3C)cc2[nH]1. The van der Waals surface area contributed by atoms with Crippen LogP contribution in [0.25, 0.3) is 11.0 Å². The lowest BCUT2D eigenvalue weighted by Crippen LogP contribution is -2.34. The number of H-pyrrole nitrogens is 1. The predicted molar refractivity (Wildman–Crippen MR) is 80.4 cm³/mol. The Morgan fingerprint density at radius 1 is 1.26 bits per heavy atom. The Labute approximate surface area is 114 Å². The Kier molecular flexibility index (Phi) is 3.21. The highest BCUT2D eigenvalue weighted by Crippen LogP contribution is 2.32. The molecule has 1 fully saturated rings. The van der Waals surface area contributed by atoms with E-state index >= 15 is 0 Å². The minimum absolute atomic E-state index is 0.602. The minimum Gasteiger partial charge on any atom is -0.382 e. The highest BCUT2D eigenvalue weighted by atomic mass is 14.9. The molecule has 1 aromatic carbocycles. The number of fused-ring (bicyclic) bond motifs is 1. The number of benzene rings is 1. The molecule has 0 spiro atoms. The number of anilines is 1. The fourth-order valence-corrected chi connectivity index (χ4v) is 3.23. The molecule has 3 heteroatoms. The summed E-state index contributed by atoms with van der Waals surface area (Å²) in [5.74, 6) is 2.55. The number of aromatic amines is 1. The Morgan fingerprint density at radius 2 is 2.11 bits per heavy atom. The largest absolute Gasteiger partial charge is 0.382 e. The van der Waals surface area contributed by atoms with Crippen molar-refractivity contribution in [3.63, 3.8) is 0 Å². The molecule has 3 nitrogen and oxygen atoms in total. The average Bonchev–Trinajstić information content (AvgIpc) is 2.74. The summed E-state index contributed by atoms with van der Waals surface area (Å²) in [7, 11) is 0. The summed E-state index contributed by atoms with van der Waals surface area (Å²) in [5.41, 5.74) is 3.38. The van der Waals surface area contributed by atoms with Gasteiger partial charge in [0.2, 0.25) is 0 Å². The monoisotopic (exact) mass is 257 g/mol. The van der Waals surface area contributed by atoms with Crippen molar-refractivity contribution in [1.29, 1.82) is 0 Å². The summed E-state index contributed by atoms with van der Waals surface area (Å²) in [6.45, 7) is 6.75. The second-order valence-electron chi connectivity index (χ2n) is 6.07. The van der Waals surface area contributed by atoms with Crippen LogP contribution in [-0.2, 0) is 0 Å². The van der Waals surface area contributed by atoms with Gasteiger partial charge in [0.1, 0.15) is 5.82 Å². The van der Waals surface area contributed by atoms with Gasteiger partial charge in [-0.1, -0.05) is 26.7 Å². The molecule has 2 N–H and O–H groups in total. The Balaban J connectivity index is 1.80. The second kappa shape index (κ2) is 4.87. The van der Waals surface area contributed by atoms with Gasteiger partial charge in [-0.3, -0.25) is 0 Å². The molecule has 0 radical (unpaired) electrons. The van der Waals surface area contributed by atoms with E-state index in [1.807, 2.05) is 6.92 Å². The van der Waals surface area contributed by atoms with Crippen LogP contribution in [-0.4, -0.2) is 16.0 Å². The summed E-state index contributed by atoms with van der Waals surface area (Å²) in [6.07, 6.45) is 4.00. The first-order valence-electron chi connectivity index (χ1n) is 7.36. The van der Waals surface area contributed by atoms with Crippen molar-refractivity contribution in [2.45, 2.75) is 46.1 Å². The highest BCUT2D eigenvalue weighted by molar-refractivity contribution is 5.79. The van der Waals surface area contributed by atoms with E-state index in [9.17, 15) is 0 Å². The fraction of sp³-hybridized carbons (Fsp3) is 0.562. The van der Waals surface area contributed by atoms with Crippen LogP contribution < -0.4 is 5.32 Å². The molecule has 2 aromatic rings. The minimum atomic E-state index is 0.602. The van der Waals surface area contributed by atoms with E-state index in [1.165, 1.54) is 24.9 Å². The fourth-order valence-electron chi connectivity index (χ4n) is 3.23. The number of aryl methyl sites for hydroxylation is 1. The molecular weight excluding hydrogens is 234 g/mol. The third-order valence-electron chi connectivity index (χ3n) is 4.66. The van der Waals surface area contributed by atoms with Gasteiger partial charge in [-0.15, -0.1) is 0 Å². The maximum absolute atomic E-state index is 4.44. The van der Waals surface area contributed by atoms with E-state index in [1.54, 1.807) is 0 Å². The standard InChI is InChI=1S/C16H23N3/c1-10-5-4-6-14(11(10)2)19-13-7-8-15-16(9-13)18-12(3)17-15/h7-11,14,19H,4-6H2,1-3H3,(H,17,18). The number of hydrogen-bond donors (Lipinski definition) is 2. The maximum atomic E-state index is 4.44. The van der Waals surface area contributed by atoms with Crippen LogP contribution in [0.15, 0.2) is 18.2 Å². The molecule has 1 saturated carbocycles. The van der Waals surface area contributed by atoms with Crippen molar-refractivity contribution in [2.75, 3.05) is 5.32 Å². The summed E-state index contributed by atoms with van der Waals surface area (Å²) < 4.78 is 0. The van der Waals surface area contributed by atoms with E-state index < -0.39 is 0 Å². The predicted octanol–water partition coefficient (Wildman–Crippen LogP) is 4.11. The van der Waals surface area contributed by atoms with Gasteiger partial charge in [0.05, 0.1) is 11.0 Å². The van der Waals surface area contributed by atoms with Gasteiger partial charge in [0.25, 0.3) is 0 Å². The molecule has 0 amide bonds. The molecule has 3 atom stereocenters. The van der Waals surface area contributed by atoms with E-state index in [2.05, 4.69) is 47.3 Å². The van der Waals surface area contributed by atoms with Crippen molar-refractivity contribution >= 4 is 16.7 Å². The topological polar surface area (TPSA) is 40.7 Å². The zero-order valence-corrected chi connectivity index (χ0v) is 12.0. The van der Waals surface area contributed by atoms with E-state index in [4.69, 9.17) is 0 Å². The lowest BCUT2D eigenvalue weighted by Gasteiger charge is -2.35. The highest BCUT2D eigenvalue weighted by Gasteiger charge is 2.26. The van der Waals surface area contributed by atoms with Gasteiger partial charge >= 0.3 is 0 Å². The first-order valence-corrected chi connectivity index (χ1v) is 7.36.